The molecule has 1 N–H and O–H groups in total. The molecule has 96 valence electrons. The Balaban J connectivity index is 2.35. The molecule has 0 unspecified atom stereocenters. The van der Waals surface area contributed by atoms with Gasteiger partial charge in [0.2, 0.25) is 0 Å². The number of carboxylic acids is 1. The Hall–Kier alpha value is -2.04. The lowest BCUT2D eigenvalue weighted by Gasteiger charge is -1.99. The summed E-state index contributed by atoms with van der Waals surface area (Å²) in [6.45, 7) is 3.83. The normalized spacial score (nSPS) is 10.8. The van der Waals surface area contributed by atoms with Crippen molar-refractivity contribution in [3.63, 3.8) is 0 Å². The molecule has 0 radical (unpaired) electrons. The molecule has 0 aliphatic rings. The van der Waals surface area contributed by atoms with Crippen LogP contribution in [0, 0.1) is 13.8 Å². The van der Waals surface area contributed by atoms with Crippen LogP contribution >= 0.6 is 0 Å². The smallest absolute Gasteiger partial charge is 0.303 e. The van der Waals surface area contributed by atoms with Gasteiger partial charge in [0.15, 0.2) is 5.76 Å². The van der Waals surface area contributed by atoms with E-state index >= 15 is 0 Å². The van der Waals surface area contributed by atoms with E-state index in [-0.39, 0.29) is 6.42 Å². The van der Waals surface area contributed by atoms with Crippen LogP contribution in [0.15, 0.2) is 16.5 Å². The van der Waals surface area contributed by atoms with Gasteiger partial charge in [-0.05, 0) is 26.0 Å². The van der Waals surface area contributed by atoms with Gasteiger partial charge in [0.05, 0.1) is 12.1 Å². The third kappa shape index (κ3) is 2.30. The second-order valence-corrected chi connectivity index (χ2v) is 4.35. The van der Waals surface area contributed by atoms with Crippen LogP contribution in [0.25, 0.3) is 11.5 Å². The van der Waals surface area contributed by atoms with E-state index in [9.17, 15) is 4.79 Å². The molecular formula is C13H16N2O3. The van der Waals surface area contributed by atoms with E-state index in [2.05, 4.69) is 5.10 Å². The maximum atomic E-state index is 10.6. The number of furan rings is 1. The maximum absolute atomic E-state index is 10.6. The average molecular weight is 248 g/mol. The topological polar surface area (TPSA) is 68.3 Å². The summed E-state index contributed by atoms with van der Waals surface area (Å²) < 4.78 is 7.33. The summed E-state index contributed by atoms with van der Waals surface area (Å²) in [6.07, 6.45) is 0.531. The number of carbonyl (C=O) groups is 1. The second-order valence-electron chi connectivity index (χ2n) is 4.35. The van der Waals surface area contributed by atoms with Crippen molar-refractivity contribution in [1.82, 2.24) is 9.78 Å². The zero-order chi connectivity index (χ0) is 13.3. The number of aryl methyl sites for hydroxylation is 3. The van der Waals surface area contributed by atoms with E-state index < -0.39 is 5.97 Å². The summed E-state index contributed by atoms with van der Waals surface area (Å²) in [5.74, 6) is 0.801. The number of carboxylic acid groups (broad SMARTS) is 1. The lowest BCUT2D eigenvalue weighted by Crippen LogP contribution is -1.99. The molecule has 2 heterocycles. The summed E-state index contributed by atoms with van der Waals surface area (Å²) in [6, 6.07) is 3.80. The number of hydrogen-bond donors (Lipinski definition) is 1. The Bertz CT molecular complexity index is 581. The van der Waals surface area contributed by atoms with E-state index in [4.69, 9.17) is 9.52 Å². The van der Waals surface area contributed by atoms with Crippen LogP contribution in [0.2, 0.25) is 0 Å². The highest BCUT2D eigenvalue weighted by Gasteiger charge is 2.17. The first-order valence-corrected chi connectivity index (χ1v) is 5.80. The summed E-state index contributed by atoms with van der Waals surface area (Å²) >= 11 is 0. The quantitative estimate of drug-likeness (QED) is 0.901. The van der Waals surface area contributed by atoms with Crippen LogP contribution < -0.4 is 0 Å². The number of rotatable bonds is 4. The molecule has 0 bridgehead atoms. The Morgan fingerprint density at radius 3 is 2.72 bits per heavy atom. The summed E-state index contributed by atoms with van der Waals surface area (Å²) in [5, 5.41) is 13.1. The Morgan fingerprint density at radius 1 is 1.44 bits per heavy atom. The molecule has 0 amide bonds. The third-order valence-electron chi connectivity index (χ3n) is 2.93. The molecule has 0 saturated carbocycles. The van der Waals surface area contributed by atoms with Crippen molar-refractivity contribution in [3.8, 4) is 11.5 Å². The minimum absolute atomic E-state index is 0.0917. The van der Waals surface area contributed by atoms with Gasteiger partial charge in [0.1, 0.15) is 11.5 Å². The molecule has 2 aromatic heterocycles. The zero-order valence-electron chi connectivity index (χ0n) is 10.7. The minimum atomic E-state index is -0.810. The van der Waals surface area contributed by atoms with Crippen molar-refractivity contribution in [2.75, 3.05) is 0 Å². The second kappa shape index (κ2) is 4.68. The van der Waals surface area contributed by atoms with Crippen molar-refractivity contribution >= 4 is 5.97 Å². The number of hydrogen-bond acceptors (Lipinski definition) is 3. The first kappa shape index (κ1) is 12.4. The largest absolute Gasteiger partial charge is 0.481 e. The van der Waals surface area contributed by atoms with Crippen LogP contribution in [0.1, 0.15) is 23.4 Å². The van der Waals surface area contributed by atoms with Gasteiger partial charge in [0.25, 0.3) is 0 Å². The highest BCUT2D eigenvalue weighted by atomic mass is 16.4. The Labute approximate surface area is 105 Å². The molecule has 0 fully saturated rings. The molecular weight excluding hydrogens is 232 g/mol. The third-order valence-corrected chi connectivity index (χ3v) is 2.93. The van der Waals surface area contributed by atoms with E-state index in [1.807, 2.05) is 33.0 Å². The molecule has 0 aromatic carbocycles. The van der Waals surface area contributed by atoms with E-state index in [0.29, 0.717) is 6.42 Å². The number of aliphatic carboxylic acids is 1. The van der Waals surface area contributed by atoms with Gasteiger partial charge in [-0.1, -0.05) is 0 Å². The number of aromatic nitrogens is 2. The van der Waals surface area contributed by atoms with Crippen LogP contribution in [-0.2, 0) is 18.3 Å². The van der Waals surface area contributed by atoms with Gasteiger partial charge < -0.3 is 9.52 Å². The number of nitrogens with zero attached hydrogens (tertiary/aromatic N) is 2. The fourth-order valence-corrected chi connectivity index (χ4v) is 2.05. The van der Waals surface area contributed by atoms with Crippen molar-refractivity contribution < 1.29 is 14.3 Å². The summed E-state index contributed by atoms with van der Waals surface area (Å²) in [4.78, 5) is 10.6. The van der Waals surface area contributed by atoms with Gasteiger partial charge in [0, 0.05) is 19.0 Å². The van der Waals surface area contributed by atoms with Gasteiger partial charge in [-0.3, -0.25) is 9.48 Å². The van der Waals surface area contributed by atoms with Crippen LogP contribution in [0.4, 0.5) is 0 Å². The summed E-state index contributed by atoms with van der Waals surface area (Å²) in [5.41, 5.74) is 2.69. The fraction of sp³-hybridized carbons (Fsp3) is 0.385. The predicted octanol–water partition coefficient (Wildman–Crippen LogP) is 2.31. The van der Waals surface area contributed by atoms with Gasteiger partial charge in [-0.25, -0.2) is 0 Å². The zero-order valence-corrected chi connectivity index (χ0v) is 10.7. The molecule has 0 atom stereocenters. The van der Waals surface area contributed by atoms with Gasteiger partial charge in [-0.15, -0.1) is 0 Å². The van der Waals surface area contributed by atoms with Crippen molar-refractivity contribution in [1.29, 1.82) is 0 Å². The SMILES string of the molecule is Cc1ccc(-c2c(C)c(CCC(=O)O)nn2C)o1. The minimum Gasteiger partial charge on any atom is -0.481 e. The molecule has 18 heavy (non-hydrogen) atoms. The molecule has 5 heteroatoms. The first-order chi connectivity index (χ1) is 8.49. The summed E-state index contributed by atoms with van der Waals surface area (Å²) in [7, 11) is 1.84. The molecule has 0 spiro atoms. The molecule has 2 aromatic rings. The first-order valence-electron chi connectivity index (χ1n) is 5.80. The van der Waals surface area contributed by atoms with E-state index in [1.165, 1.54) is 0 Å². The molecule has 0 saturated heterocycles. The highest BCUT2D eigenvalue weighted by molar-refractivity contribution is 5.67. The lowest BCUT2D eigenvalue weighted by atomic mass is 10.1. The standard InChI is InChI=1S/C13H16N2O3/c1-8-4-6-11(18-8)13-9(2)10(14-15(13)3)5-7-12(16)17/h4,6H,5,7H2,1-3H3,(H,16,17). The average Bonchev–Trinajstić information content (AvgIpc) is 2.81. The Morgan fingerprint density at radius 2 is 2.17 bits per heavy atom. The van der Waals surface area contributed by atoms with Gasteiger partial charge in [-0.2, -0.15) is 5.10 Å². The lowest BCUT2D eigenvalue weighted by molar-refractivity contribution is -0.136. The van der Waals surface area contributed by atoms with Crippen molar-refractivity contribution in [2.45, 2.75) is 26.7 Å². The molecule has 2 rings (SSSR count). The predicted molar refractivity (Wildman–Crippen MR) is 66.3 cm³/mol. The van der Waals surface area contributed by atoms with E-state index in [0.717, 1.165) is 28.5 Å². The van der Waals surface area contributed by atoms with Crippen LogP contribution in [0.5, 0.6) is 0 Å². The molecule has 5 nitrogen and oxygen atoms in total. The van der Waals surface area contributed by atoms with Crippen LogP contribution in [0.3, 0.4) is 0 Å². The van der Waals surface area contributed by atoms with E-state index in [1.54, 1.807) is 4.68 Å². The van der Waals surface area contributed by atoms with Gasteiger partial charge >= 0.3 is 5.97 Å². The molecule has 0 aliphatic heterocycles. The maximum Gasteiger partial charge on any atom is 0.303 e. The van der Waals surface area contributed by atoms with Crippen LogP contribution in [-0.4, -0.2) is 20.9 Å². The fourth-order valence-electron chi connectivity index (χ4n) is 2.05. The molecule has 0 aliphatic carbocycles. The van der Waals surface area contributed by atoms with Crippen molar-refractivity contribution in [3.05, 3.63) is 29.2 Å². The monoisotopic (exact) mass is 248 g/mol. The highest BCUT2D eigenvalue weighted by Crippen LogP contribution is 2.27. The Kier molecular flexibility index (Phi) is 3.23. The van der Waals surface area contributed by atoms with Crippen molar-refractivity contribution in [2.24, 2.45) is 7.05 Å².